The average Bonchev–Trinajstić information content (AvgIpc) is 3.17. The molecule has 2 aliphatic rings. The van der Waals surface area contributed by atoms with Gasteiger partial charge in [-0.3, -0.25) is 0 Å². The third kappa shape index (κ3) is 4.16. The lowest BCUT2D eigenvalue weighted by Crippen LogP contribution is -2.24. The van der Waals surface area contributed by atoms with Gasteiger partial charge in [-0.25, -0.2) is 4.68 Å². The van der Waals surface area contributed by atoms with Crippen molar-refractivity contribution in [2.45, 2.75) is 26.1 Å². The molecule has 0 amide bonds. The molecule has 1 aromatic carbocycles. The monoisotopic (exact) mass is 391 g/mol. The number of halogens is 3. The Morgan fingerprint density at radius 2 is 2.04 bits per heavy atom. The van der Waals surface area contributed by atoms with Gasteiger partial charge >= 0.3 is 6.18 Å². The first-order valence-corrected chi connectivity index (χ1v) is 10.0. The van der Waals surface area contributed by atoms with Crippen LogP contribution in [0.3, 0.4) is 0 Å². The van der Waals surface area contributed by atoms with Crippen LogP contribution in [0, 0.1) is 0 Å². The van der Waals surface area contributed by atoms with E-state index in [1.54, 1.807) is 16.9 Å². The SMILES string of the molecule is CC.FC(F)(F)c1cccc(C2=C(C3C=Cn4nccc4N3)C=CCP2)c1. The minimum atomic E-state index is -4.33. The zero-order valence-electron chi connectivity index (χ0n) is 15.1. The predicted octanol–water partition coefficient (Wildman–Crippen LogP) is 5.85. The van der Waals surface area contributed by atoms with Gasteiger partial charge in [0.2, 0.25) is 0 Å². The van der Waals surface area contributed by atoms with E-state index in [2.05, 4.69) is 16.5 Å². The van der Waals surface area contributed by atoms with Crippen LogP contribution in [-0.4, -0.2) is 22.0 Å². The molecule has 3 heterocycles. The molecule has 3 nitrogen and oxygen atoms in total. The maximum absolute atomic E-state index is 13.1. The first kappa shape index (κ1) is 19.4. The summed E-state index contributed by atoms with van der Waals surface area (Å²) in [6.45, 7) is 4.00. The lowest BCUT2D eigenvalue weighted by atomic mass is 10.00. The van der Waals surface area contributed by atoms with Crippen LogP contribution >= 0.6 is 8.58 Å². The predicted molar refractivity (Wildman–Crippen MR) is 107 cm³/mol. The summed E-state index contributed by atoms with van der Waals surface area (Å²) in [5, 5.41) is 8.52. The van der Waals surface area contributed by atoms with E-state index in [9.17, 15) is 13.2 Å². The van der Waals surface area contributed by atoms with Gasteiger partial charge < -0.3 is 5.32 Å². The van der Waals surface area contributed by atoms with Gasteiger partial charge in [-0.1, -0.05) is 46.7 Å². The van der Waals surface area contributed by atoms with Gasteiger partial charge in [0.15, 0.2) is 0 Å². The number of benzene rings is 1. The second-order valence-electron chi connectivity index (χ2n) is 5.82. The molecule has 27 heavy (non-hydrogen) atoms. The van der Waals surface area contributed by atoms with Crippen molar-refractivity contribution in [2.75, 3.05) is 11.5 Å². The molecule has 0 fully saturated rings. The summed E-state index contributed by atoms with van der Waals surface area (Å²) in [6, 6.07) is 7.38. The molecule has 0 aliphatic carbocycles. The molecule has 4 rings (SSSR count). The van der Waals surface area contributed by atoms with Crippen LogP contribution < -0.4 is 5.32 Å². The fourth-order valence-electron chi connectivity index (χ4n) is 3.02. The van der Waals surface area contributed by atoms with Gasteiger partial charge in [-0.05, 0) is 40.8 Å². The highest BCUT2D eigenvalue weighted by atomic mass is 31.1. The van der Waals surface area contributed by atoms with Crippen molar-refractivity contribution in [3.05, 3.63) is 71.5 Å². The standard InChI is InChI=1S/C18H15F3N3P.C2H6/c19-18(20,21)13-4-1-3-12(11-13)17-14(5-2-10-25-17)15-7-9-24-16(23-15)6-8-22-24;1-2/h1-9,11,15,23,25H,10H2;1-2H3. The highest BCUT2D eigenvalue weighted by Crippen LogP contribution is 2.43. The number of allylic oxidation sites excluding steroid dienone is 1. The molecular weight excluding hydrogens is 370 g/mol. The summed E-state index contributed by atoms with van der Waals surface area (Å²) in [6.07, 6.45) is 6.16. The molecule has 2 unspecified atom stereocenters. The lowest BCUT2D eigenvalue weighted by Gasteiger charge is -2.26. The molecule has 2 atom stereocenters. The second-order valence-corrected chi connectivity index (χ2v) is 7.08. The highest BCUT2D eigenvalue weighted by Gasteiger charge is 2.31. The third-order valence-electron chi connectivity index (χ3n) is 4.19. The first-order valence-electron chi connectivity index (χ1n) is 8.83. The molecule has 2 aliphatic heterocycles. The lowest BCUT2D eigenvalue weighted by molar-refractivity contribution is -0.137. The summed E-state index contributed by atoms with van der Waals surface area (Å²) in [4.78, 5) is 0. The summed E-state index contributed by atoms with van der Waals surface area (Å²) >= 11 is 0. The van der Waals surface area contributed by atoms with E-state index in [0.29, 0.717) is 14.1 Å². The van der Waals surface area contributed by atoms with Crippen LogP contribution in [0.2, 0.25) is 0 Å². The fraction of sp³-hybridized carbons (Fsp3) is 0.250. The number of hydrogen-bond acceptors (Lipinski definition) is 2. The van der Waals surface area contributed by atoms with Crippen LogP contribution in [0.5, 0.6) is 0 Å². The van der Waals surface area contributed by atoms with Gasteiger partial charge in [0.25, 0.3) is 0 Å². The fourth-order valence-corrected chi connectivity index (χ4v) is 4.26. The van der Waals surface area contributed by atoms with Crippen molar-refractivity contribution >= 4 is 25.9 Å². The van der Waals surface area contributed by atoms with Crippen LogP contribution in [0.25, 0.3) is 11.5 Å². The van der Waals surface area contributed by atoms with Crippen molar-refractivity contribution in [3.8, 4) is 0 Å². The highest BCUT2D eigenvalue weighted by molar-refractivity contribution is 7.50. The van der Waals surface area contributed by atoms with E-state index in [1.807, 2.05) is 38.3 Å². The number of hydrogen-bond donors (Lipinski definition) is 1. The van der Waals surface area contributed by atoms with Gasteiger partial charge in [0.05, 0.1) is 17.8 Å². The van der Waals surface area contributed by atoms with E-state index in [-0.39, 0.29) is 6.04 Å². The molecular formula is C20H21F3N3P. The Kier molecular flexibility index (Phi) is 5.85. The molecule has 7 heteroatoms. The van der Waals surface area contributed by atoms with E-state index in [1.165, 1.54) is 12.1 Å². The largest absolute Gasteiger partial charge is 0.416 e. The number of fused-ring (bicyclic) bond motifs is 1. The quantitative estimate of drug-likeness (QED) is 0.651. The summed E-state index contributed by atoms with van der Waals surface area (Å²) < 4.78 is 40.9. The maximum atomic E-state index is 13.1. The Balaban J connectivity index is 0.00000102. The molecule has 0 saturated carbocycles. The van der Waals surface area contributed by atoms with Gasteiger partial charge in [0.1, 0.15) is 5.82 Å². The third-order valence-corrected chi connectivity index (χ3v) is 5.56. The zero-order valence-corrected chi connectivity index (χ0v) is 16.1. The molecule has 2 aromatic rings. The number of nitrogens with zero attached hydrogens (tertiary/aromatic N) is 2. The van der Waals surface area contributed by atoms with Crippen molar-refractivity contribution in [2.24, 2.45) is 0 Å². The smallest absolute Gasteiger partial charge is 0.360 e. The second kappa shape index (κ2) is 8.13. The summed E-state index contributed by atoms with van der Waals surface area (Å²) in [5.74, 6) is 0.866. The summed E-state index contributed by atoms with van der Waals surface area (Å²) in [5.41, 5.74) is 1.04. The number of anilines is 1. The first-order chi connectivity index (χ1) is 13.0. The number of alkyl halides is 3. The van der Waals surface area contributed by atoms with Gasteiger partial charge in [0, 0.05) is 12.3 Å². The molecule has 0 saturated heterocycles. The molecule has 142 valence electrons. The number of nitrogens with one attached hydrogen (secondary N) is 1. The van der Waals surface area contributed by atoms with Gasteiger partial charge in [-0.15, -0.1) is 0 Å². The topological polar surface area (TPSA) is 29.9 Å². The Morgan fingerprint density at radius 3 is 2.81 bits per heavy atom. The van der Waals surface area contributed by atoms with E-state index >= 15 is 0 Å². The van der Waals surface area contributed by atoms with Crippen LogP contribution in [0.1, 0.15) is 25.0 Å². The Hall–Kier alpha value is -2.33. The Bertz CT molecular complexity index is 894. The minimum absolute atomic E-state index is 0.0854. The van der Waals surface area contributed by atoms with E-state index < -0.39 is 11.7 Å². The maximum Gasteiger partial charge on any atom is 0.416 e. The van der Waals surface area contributed by atoms with Crippen molar-refractivity contribution < 1.29 is 13.2 Å². The Morgan fingerprint density at radius 1 is 1.22 bits per heavy atom. The molecule has 1 N–H and O–H groups in total. The van der Waals surface area contributed by atoms with Crippen molar-refractivity contribution in [1.29, 1.82) is 0 Å². The zero-order chi connectivity index (χ0) is 19.4. The van der Waals surface area contributed by atoms with Crippen LogP contribution in [0.15, 0.2) is 60.3 Å². The van der Waals surface area contributed by atoms with E-state index in [4.69, 9.17) is 0 Å². The van der Waals surface area contributed by atoms with Crippen molar-refractivity contribution in [3.63, 3.8) is 0 Å². The summed E-state index contributed by atoms with van der Waals surface area (Å²) in [7, 11) is 0.444. The molecule has 0 spiro atoms. The Labute approximate surface area is 158 Å². The normalized spacial score (nSPS) is 19.4. The van der Waals surface area contributed by atoms with Gasteiger partial charge in [-0.2, -0.15) is 18.3 Å². The van der Waals surface area contributed by atoms with E-state index in [0.717, 1.165) is 28.9 Å². The molecule has 0 bridgehead atoms. The number of rotatable bonds is 2. The molecule has 1 aromatic heterocycles. The van der Waals surface area contributed by atoms with Crippen molar-refractivity contribution in [1.82, 2.24) is 9.78 Å². The van der Waals surface area contributed by atoms with Crippen LogP contribution in [0.4, 0.5) is 19.0 Å². The average molecular weight is 391 g/mol. The number of aromatic nitrogens is 2. The molecule has 0 radical (unpaired) electrons. The minimum Gasteiger partial charge on any atom is -0.360 e. The van der Waals surface area contributed by atoms with Crippen LogP contribution in [-0.2, 0) is 6.18 Å².